The number of allylic oxidation sites excluding steroid dienone is 1. The Kier molecular flexibility index (Phi) is 8.47. The van der Waals surface area contributed by atoms with Gasteiger partial charge < -0.3 is 0 Å². The van der Waals surface area contributed by atoms with E-state index < -0.39 is 5.91 Å². The fourth-order valence-corrected chi connectivity index (χ4v) is 7.07. The van der Waals surface area contributed by atoms with Crippen molar-refractivity contribution in [1.82, 2.24) is 10.4 Å². The molecule has 2 rings (SSSR count). The van der Waals surface area contributed by atoms with Gasteiger partial charge in [0, 0.05) is 18.2 Å². The Balaban J connectivity index is 1.87. The van der Waals surface area contributed by atoms with E-state index in [4.69, 9.17) is 5.21 Å². The van der Waals surface area contributed by atoms with Crippen molar-refractivity contribution in [3.63, 3.8) is 0 Å². The van der Waals surface area contributed by atoms with E-state index in [0.717, 1.165) is 18.9 Å². The lowest BCUT2D eigenvalue weighted by Gasteiger charge is -2.36. The zero-order chi connectivity index (χ0) is 20.0. The highest BCUT2D eigenvalue weighted by molar-refractivity contribution is 7.58. The van der Waals surface area contributed by atoms with Crippen LogP contribution in [-0.2, 0) is 6.54 Å². The summed E-state index contributed by atoms with van der Waals surface area (Å²) >= 11 is 0. The Morgan fingerprint density at radius 1 is 1.37 bits per heavy atom. The van der Waals surface area contributed by atoms with Crippen LogP contribution in [0, 0.1) is 11.8 Å². The van der Waals surface area contributed by atoms with Crippen molar-refractivity contribution in [3.8, 4) is 0 Å². The maximum atomic E-state index is 11.4. The maximum absolute atomic E-state index is 11.4. The summed E-state index contributed by atoms with van der Waals surface area (Å²) in [6, 6.07) is 8.03. The van der Waals surface area contributed by atoms with Gasteiger partial charge in [0.2, 0.25) is 0 Å². The van der Waals surface area contributed by atoms with Crippen molar-refractivity contribution < 1.29 is 10.0 Å². The van der Waals surface area contributed by atoms with E-state index in [1.54, 1.807) is 17.6 Å². The van der Waals surface area contributed by atoms with Crippen LogP contribution in [0.1, 0.15) is 49.5 Å². The summed E-state index contributed by atoms with van der Waals surface area (Å²) in [5.41, 5.74) is 4.79. The molecule has 0 bridgehead atoms. The molecule has 5 heteroatoms. The minimum atomic E-state index is -0.471. The van der Waals surface area contributed by atoms with E-state index in [2.05, 4.69) is 39.3 Å². The van der Waals surface area contributed by atoms with Crippen LogP contribution in [0.2, 0.25) is 0 Å². The number of hydroxylamine groups is 1. The summed E-state index contributed by atoms with van der Waals surface area (Å²) in [4.78, 5) is 13.9. The minimum absolute atomic E-state index is 0.0927. The first-order valence-electron chi connectivity index (χ1n) is 9.99. The molecule has 4 atom stereocenters. The molecule has 0 aromatic heterocycles. The Labute approximate surface area is 165 Å². The van der Waals surface area contributed by atoms with Gasteiger partial charge in [-0.2, -0.15) is 0 Å². The summed E-state index contributed by atoms with van der Waals surface area (Å²) < 4.78 is 0. The molecule has 1 heterocycles. The molecule has 1 aromatic carbocycles. The van der Waals surface area contributed by atoms with Gasteiger partial charge in [0.05, 0.1) is 0 Å². The molecule has 150 valence electrons. The van der Waals surface area contributed by atoms with Gasteiger partial charge in [-0.1, -0.05) is 45.1 Å². The second-order valence-electron chi connectivity index (χ2n) is 8.06. The molecule has 4 unspecified atom stereocenters. The second kappa shape index (κ2) is 10.4. The fraction of sp³-hybridized carbons (Fsp3) is 0.591. The third-order valence-electron chi connectivity index (χ3n) is 6.09. The second-order valence-corrected chi connectivity index (χ2v) is 10.5. The summed E-state index contributed by atoms with van der Waals surface area (Å²) in [7, 11) is 2.29. The molecule has 0 saturated carbocycles. The normalized spacial score (nSPS) is 24.1. The number of rotatable bonds is 8. The average molecular weight is 391 g/mol. The van der Waals surface area contributed by atoms with Crippen LogP contribution >= 0.6 is 7.92 Å². The number of carbonyl (C=O) groups is 1. The quantitative estimate of drug-likeness (QED) is 0.292. The van der Waals surface area contributed by atoms with E-state index in [-0.39, 0.29) is 7.92 Å². The number of nitrogens with one attached hydrogen (secondary N) is 1. The Bertz CT molecular complexity index is 632. The molecular formula is C22H35N2O2P. The van der Waals surface area contributed by atoms with Gasteiger partial charge in [-0.15, -0.1) is 7.92 Å². The summed E-state index contributed by atoms with van der Waals surface area (Å²) in [6.07, 6.45) is 6.39. The van der Waals surface area contributed by atoms with Gasteiger partial charge in [0.1, 0.15) is 0 Å². The van der Waals surface area contributed by atoms with Gasteiger partial charge >= 0.3 is 0 Å². The molecule has 0 spiro atoms. The molecule has 0 radical (unpaired) electrons. The highest BCUT2D eigenvalue weighted by Crippen LogP contribution is 2.48. The van der Waals surface area contributed by atoms with Crippen molar-refractivity contribution in [3.05, 3.63) is 47.5 Å². The number of hydrogen-bond donors (Lipinski definition) is 2. The standard InChI is InChI=1S/C22H35N2O2P/c1-6-21(11-12-27-14-16(2)18(4)17(3)15-27)24(5)13-19-7-9-20(10-8-19)22(25)23-26/h7-10,17-18,21,26H,2,6,11-15H2,1,3-5H3,(H,23,25). The minimum Gasteiger partial charge on any atom is -0.299 e. The van der Waals surface area contributed by atoms with Crippen LogP contribution in [0.5, 0.6) is 0 Å². The van der Waals surface area contributed by atoms with E-state index >= 15 is 0 Å². The number of amides is 1. The molecule has 1 aromatic rings. The predicted molar refractivity (Wildman–Crippen MR) is 115 cm³/mol. The smallest absolute Gasteiger partial charge is 0.274 e. The Morgan fingerprint density at radius 3 is 2.59 bits per heavy atom. The Hall–Kier alpha value is -1.22. The molecule has 1 aliphatic rings. The van der Waals surface area contributed by atoms with Gasteiger partial charge in [0.25, 0.3) is 5.91 Å². The van der Waals surface area contributed by atoms with Crippen molar-refractivity contribution in [2.24, 2.45) is 11.8 Å². The molecule has 0 aliphatic carbocycles. The molecule has 2 N–H and O–H groups in total. The number of carbonyl (C=O) groups excluding carboxylic acids is 1. The van der Waals surface area contributed by atoms with Crippen molar-refractivity contribution in [2.45, 2.75) is 46.2 Å². The topological polar surface area (TPSA) is 52.6 Å². The molecule has 27 heavy (non-hydrogen) atoms. The van der Waals surface area contributed by atoms with Crippen LogP contribution in [0.3, 0.4) is 0 Å². The Morgan fingerprint density at radius 2 is 2.04 bits per heavy atom. The number of nitrogens with zero attached hydrogens (tertiary/aromatic N) is 1. The zero-order valence-corrected chi connectivity index (χ0v) is 18.1. The molecule has 4 nitrogen and oxygen atoms in total. The molecule has 1 amide bonds. The van der Waals surface area contributed by atoms with Crippen LogP contribution in [0.4, 0.5) is 0 Å². The van der Waals surface area contributed by atoms with Crippen LogP contribution < -0.4 is 5.48 Å². The zero-order valence-electron chi connectivity index (χ0n) is 17.2. The highest BCUT2D eigenvalue weighted by atomic mass is 31.1. The van der Waals surface area contributed by atoms with Gasteiger partial charge in [-0.05, 0) is 67.9 Å². The average Bonchev–Trinajstić information content (AvgIpc) is 2.66. The highest BCUT2D eigenvalue weighted by Gasteiger charge is 2.27. The molecular weight excluding hydrogens is 355 g/mol. The summed E-state index contributed by atoms with van der Waals surface area (Å²) in [5.74, 6) is 0.996. The summed E-state index contributed by atoms with van der Waals surface area (Å²) in [5, 5.41) is 8.71. The third kappa shape index (κ3) is 6.14. The first-order valence-corrected chi connectivity index (χ1v) is 11.9. The SMILES string of the molecule is C=C1CP(CCC(CC)N(C)Cc2ccc(C(=O)NO)cc2)CC(C)C1C. The molecule has 1 aliphatic heterocycles. The summed E-state index contributed by atoms with van der Waals surface area (Å²) in [6.45, 7) is 12.2. The van der Waals surface area contributed by atoms with Gasteiger partial charge in [-0.25, -0.2) is 5.48 Å². The van der Waals surface area contributed by atoms with Crippen molar-refractivity contribution in [2.75, 3.05) is 25.5 Å². The lowest BCUT2D eigenvalue weighted by molar-refractivity contribution is 0.0706. The van der Waals surface area contributed by atoms with E-state index in [1.165, 1.54) is 36.0 Å². The van der Waals surface area contributed by atoms with Crippen molar-refractivity contribution in [1.29, 1.82) is 0 Å². The monoisotopic (exact) mass is 390 g/mol. The van der Waals surface area contributed by atoms with E-state index in [9.17, 15) is 4.79 Å². The number of hydrogen-bond acceptors (Lipinski definition) is 3. The first kappa shape index (κ1) is 22.1. The first-order chi connectivity index (χ1) is 12.8. The van der Waals surface area contributed by atoms with E-state index in [0.29, 0.717) is 17.5 Å². The van der Waals surface area contributed by atoms with Crippen LogP contribution in [-0.4, -0.2) is 47.6 Å². The lowest BCUT2D eigenvalue weighted by Crippen LogP contribution is -2.32. The largest absolute Gasteiger partial charge is 0.299 e. The third-order valence-corrected chi connectivity index (χ3v) is 8.93. The van der Waals surface area contributed by atoms with E-state index in [1.807, 2.05) is 12.1 Å². The van der Waals surface area contributed by atoms with Crippen LogP contribution in [0.25, 0.3) is 0 Å². The van der Waals surface area contributed by atoms with Crippen LogP contribution in [0.15, 0.2) is 36.4 Å². The predicted octanol–water partition coefficient (Wildman–Crippen LogP) is 4.73. The molecule has 1 fully saturated rings. The van der Waals surface area contributed by atoms with Gasteiger partial charge in [-0.3, -0.25) is 14.9 Å². The maximum Gasteiger partial charge on any atom is 0.274 e. The van der Waals surface area contributed by atoms with Gasteiger partial charge in [0.15, 0.2) is 0 Å². The fourth-order valence-electron chi connectivity index (χ4n) is 3.94. The lowest BCUT2D eigenvalue weighted by atomic mass is 9.91. The molecule has 1 saturated heterocycles. The van der Waals surface area contributed by atoms with Crippen molar-refractivity contribution >= 4 is 13.8 Å². The number of benzene rings is 1.